The van der Waals surface area contributed by atoms with Gasteiger partial charge in [-0.15, -0.1) is 0 Å². The number of carbonyl (C=O) groups excluding carboxylic acids is 2. The van der Waals surface area contributed by atoms with Gasteiger partial charge in [0.25, 0.3) is 11.8 Å². The molecule has 0 aromatic heterocycles. The Morgan fingerprint density at radius 1 is 0.758 bits per heavy atom. The summed E-state index contributed by atoms with van der Waals surface area (Å²) in [6.45, 7) is 3.93. The third kappa shape index (κ3) is 3.48. The van der Waals surface area contributed by atoms with Gasteiger partial charge in [0.2, 0.25) is 0 Å². The minimum absolute atomic E-state index is 0.0662. The van der Waals surface area contributed by atoms with Crippen LogP contribution in [0.15, 0.2) is 90.6 Å². The van der Waals surface area contributed by atoms with Gasteiger partial charge in [0.15, 0.2) is 0 Å². The highest BCUT2D eigenvalue weighted by atomic mass is 19.1. The van der Waals surface area contributed by atoms with Crippen molar-refractivity contribution in [3.8, 4) is 0 Å². The summed E-state index contributed by atoms with van der Waals surface area (Å²) in [6, 6.07) is 24.9. The molecule has 0 aliphatic carbocycles. The van der Waals surface area contributed by atoms with Gasteiger partial charge < -0.3 is 5.32 Å². The van der Waals surface area contributed by atoms with Crippen molar-refractivity contribution >= 4 is 39.5 Å². The van der Waals surface area contributed by atoms with Crippen molar-refractivity contribution in [1.82, 2.24) is 0 Å². The van der Waals surface area contributed by atoms with E-state index in [0.29, 0.717) is 11.3 Å². The van der Waals surface area contributed by atoms with Crippen LogP contribution in [0.5, 0.6) is 0 Å². The molecule has 0 bridgehead atoms. The Morgan fingerprint density at radius 3 is 2.27 bits per heavy atom. The number of amides is 2. The monoisotopic (exact) mass is 436 g/mol. The summed E-state index contributed by atoms with van der Waals surface area (Å²) in [5.74, 6) is -1.78. The highest BCUT2D eigenvalue weighted by Gasteiger charge is 2.41. The summed E-state index contributed by atoms with van der Waals surface area (Å²) >= 11 is 0. The lowest BCUT2D eigenvalue weighted by Crippen LogP contribution is -2.33. The first-order valence-electron chi connectivity index (χ1n) is 10.7. The molecule has 0 atom stereocenters. The van der Waals surface area contributed by atoms with E-state index >= 15 is 0 Å². The van der Waals surface area contributed by atoms with Crippen molar-refractivity contribution in [2.75, 3.05) is 10.2 Å². The van der Waals surface area contributed by atoms with E-state index in [0.717, 1.165) is 26.8 Å². The number of halogens is 1. The second-order valence-electron chi connectivity index (χ2n) is 8.10. The molecular formula is C28H21FN2O2. The minimum atomic E-state index is -0.634. The summed E-state index contributed by atoms with van der Waals surface area (Å²) < 4.78 is 14.6. The molecule has 4 aromatic rings. The number of benzene rings is 4. The summed E-state index contributed by atoms with van der Waals surface area (Å²) in [4.78, 5) is 28.0. The summed E-state index contributed by atoms with van der Waals surface area (Å²) in [5, 5.41) is 5.12. The number of fused-ring (bicyclic) bond motifs is 1. The van der Waals surface area contributed by atoms with Crippen LogP contribution in [-0.2, 0) is 9.59 Å². The van der Waals surface area contributed by atoms with Crippen molar-refractivity contribution in [1.29, 1.82) is 0 Å². The fourth-order valence-electron chi connectivity index (χ4n) is 4.13. The van der Waals surface area contributed by atoms with Crippen LogP contribution in [0.3, 0.4) is 0 Å². The molecule has 4 nitrogen and oxygen atoms in total. The third-order valence-corrected chi connectivity index (χ3v) is 6.02. The number of nitrogens with one attached hydrogen (secondary N) is 1. The quantitative estimate of drug-likeness (QED) is 0.400. The summed E-state index contributed by atoms with van der Waals surface area (Å²) in [6.07, 6.45) is 0. The van der Waals surface area contributed by atoms with Crippen molar-refractivity contribution in [2.24, 2.45) is 0 Å². The van der Waals surface area contributed by atoms with Crippen molar-refractivity contribution < 1.29 is 14.0 Å². The van der Waals surface area contributed by atoms with Crippen LogP contribution in [0.1, 0.15) is 16.7 Å². The first kappa shape index (κ1) is 20.6. The van der Waals surface area contributed by atoms with Gasteiger partial charge in [-0.1, -0.05) is 66.7 Å². The summed E-state index contributed by atoms with van der Waals surface area (Å²) in [7, 11) is 0. The molecule has 162 valence electrons. The number of aryl methyl sites for hydroxylation is 2. The average molecular weight is 436 g/mol. The zero-order chi connectivity index (χ0) is 23.1. The highest BCUT2D eigenvalue weighted by Crippen LogP contribution is 2.36. The molecule has 1 heterocycles. The molecule has 0 saturated carbocycles. The lowest BCUT2D eigenvalue weighted by atomic mass is 9.99. The molecule has 1 aliphatic heterocycles. The Hall–Kier alpha value is -4.25. The highest BCUT2D eigenvalue weighted by molar-refractivity contribution is 6.46. The van der Waals surface area contributed by atoms with E-state index in [-0.39, 0.29) is 17.0 Å². The fourth-order valence-corrected chi connectivity index (χ4v) is 4.13. The van der Waals surface area contributed by atoms with Gasteiger partial charge in [-0.2, -0.15) is 0 Å². The predicted octanol–water partition coefficient (Wildman–Crippen LogP) is 5.99. The topological polar surface area (TPSA) is 49.4 Å². The average Bonchev–Trinajstić information content (AvgIpc) is 3.06. The molecule has 1 N–H and O–H groups in total. The number of nitrogens with zero attached hydrogens (tertiary/aromatic N) is 1. The Bertz CT molecular complexity index is 1470. The molecule has 5 heteroatoms. The minimum Gasteiger partial charge on any atom is -0.350 e. The van der Waals surface area contributed by atoms with Gasteiger partial charge in [-0.05, 0) is 54.1 Å². The largest absolute Gasteiger partial charge is 0.350 e. The summed E-state index contributed by atoms with van der Waals surface area (Å²) in [5.41, 5.74) is 3.66. The lowest BCUT2D eigenvalue weighted by molar-refractivity contribution is -0.120. The van der Waals surface area contributed by atoms with E-state index in [1.54, 1.807) is 6.07 Å². The third-order valence-electron chi connectivity index (χ3n) is 6.02. The molecule has 0 fully saturated rings. The first-order chi connectivity index (χ1) is 16.0. The molecule has 0 unspecified atom stereocenters. The van der Waals surface area contributed by atoms with Crippen LogP contribution in [0, 0.1) is 19.7 Å². The maximum absolute atomic E-state index is 14.6. The van der Waals surface area contributed by atoms with Gasteiger partial charge in [-0.25, -0.2) is 9.29 Å². The molecule has 4 aromatic carbocycles. The van der Waals surface area contributed by atoms with Gasteiger partial charge >= 0.3 is 0 Å². The Balaban J connectivity index is 1.69. The normalized spacial score (nSPS) is 13.8. The molecule has 33 heavy (non-hydrogen) atoms. The Kier molecular flexibility index (Phi) is 5.02. The van der Waals surface area contributed by atoms with Crippen LogP contribution in [0.4, 0.5) is 15.8 Å². The number of para-hydroxylation sites is 1. The maximum atomic E-state index is 14.6. The molecular weight excluding hydrogens is 415 g/mol. The number of hydrogen-bond acceptors (Lipinski definition) is 3. The van der Waals surface area contributed by atoms with Crippen LogP contribution in [0.25, 0.3) is 16.3 Å². The molecule has 0 radical (unpaired) electrons. The van der Waals surface area contributed by atoms with Crippen LogP contribution in [-0.4, -0.2) is 11.8 Å². The van der Waals surface area contributed by atoms with Crippen molar-refractivity contribution in [3.63, 3.8) is 0 Å². The predicted molar refractivity (Wildman–Crippen MR) is 129 cm³/mol. The fraction of sp³-hybridized carbons (Fsp3) is 0.0714. The standard InChI is InChI=1S/C28H21FN2O2/c1-17-14-15-20(16-18(17)2)25-26(30-23-12-7-9-19-8-3-4-10-21(19)23)28(33)31(27(25)32)24-13-6-5-11-22(24)29/h3-16,30H,1-2H3. The Morgan fingerprint density at radius 2 is 1.48 bits per heavy atom. The van der Waals surface area contributed by atoms with Crippen molar-refractivity contribution in [3.05, 3.63) is 113 Å². The molecule has 5 rings (SSSR count). The van der Waals surface area contributed by atoms with E-state index in [1.807, 2.05) is 74.5 Å². The van der Waals surface area contributed by atoms with Gasteiger partial charge in [-0.3, -0.25) is 9.59 Å². The molecule has 0 spiro atoms. The van der Waals surface area contributed by atoms with Crippen LogP contribution < -0.4 is 10.2 Å². The molecule has 0 saturated heterocycles. The van der Waals surface area contributed by atoms with E-state index in [4.69, 9.17) is 0 Å². The lowest BCUT2D eigenvalue weighted by Gasteiger charge is -2.16. The molecule has 2 amide bonds. The zero-order valence-electron chi connectivity index (χ0n) is 18.2. The number of carbonyl (C=O) groups is 2. The van der Waals surface area contributed by atoms with Gasteiger partial charge in [0.05, 0.1) is 11.3 Å². The number of rotatable bonds is 4. The van der Waals surface area contributed by atoms with E-state index in [2.05, 4.69) is 5.32 Å². The van der Waals surface area contributed by atoms with Gasteiger partial charge in [0.1, 0.15) is 11.5 Å². The number of anilines is 2. The smallest absolute Gasteiger partial charge is 0.282 e. The van der Waals surface area contributed by atoms with Crippen LogP contribution >= 0.6 is 0 Å². The first-order valence-corrected chi connectivity index (χ1v) is 10.7. The molecule has 1 aliphatic rings. The number of hydrogen-bond donors (Lipinski definition) is 1. The van der Waals surface area contributed by atoms with E-state index < -0.39 is 17.6 Å². The van der Waals surface area contributed by atoms with E-state index in [1.165, 1.54) is 18.2 Å². The second-order valence-corrected chi connectivity index (χ2v) is 8.10. The zero-order valence-corrected chi connectivity index (χ0v) is 18.2. The van der Waals surface area contributed by atoms with Crippen LogP contribution in [0.2, 0.25) is 0 Å². The Labute approximate surface area is 191 Å². The second kappa shape index (κ2) is 8.02. The van der Waals surface area contributed by atoms with Gasteiger partial charge in [0, 0.05) is 11.1 Å². The number of imide groups is 1. The van der Waals surface area contributed by atoms with E-state index in [9.17, 15) is 14.0 Å². The van der Waals surface area contributed by atoms with Crippen molar-refractivity contribution in [2.45, 2.75) is 13.8 Å². The SMILES string of the molecule is Cc1ccc(C2=C(Nc3cccc4ccccc34)C(=O)N(c3ccccc3F)C2=O)cc1C. The maximum Gasteiger partial charge on any atom is 0.282 e.